The lowest BCUT2D eigenvalue weighted by atomic mass is 9.81. The van der Waals surface area contributed by atoms with Crippen LogP contribution in [0, 0.1) is 5.41 Å². The Morgan fingerprint density at radius 3 is 1.82 bits per heavy atom. The summed E-state index contributed by atoms with van der Waals surface area (Å²) in [6.07, 6.45) is 5.77. The zero-order valence-electron chi connectivity index (χ0n) is 12.3. The minimum atomic E-state index is 0.102. The second kappa shape index (κ2) is 8.71. The van der Waals surface area contributed by atoms with Crippen molar-refractivity contribution in [1.29, 1.82) is 0 Å². The van der Waals surface area contributed by atoms with E-state index in [1.807, 2.05) is 6.08 Å². The molecule has 0 rings (SSSR count). The summed E-state index contributed by atoms with van der Waals surface area (Å²) in [5.41, 5.74) is 0.102. The summed E-state index contributed by atoms with van der Waals surface area (Å²) in [6.45, 7) is 15.9. The van der Waals surface area contributed by atoms with Crippen molar-refractivity contribution < 1.29 is 9.47 Å². The largest absolute Gasteiger partial charge is 0.378 e. The zero-order chi connectivity index (χ0) is 13.3. The molecule has 0 spiro atoms. The van der Waals surface area contributed by atoms with Gasteiger partial charge in [-0.3, -0.25) is 0 Å². The maximum atomic E-state index is 5.82. The van der Waals surface area contributed by atoms with E-state index in [0.29, 0.717) is 0 Å². The lowest BCUT2D eigenvalue weighted by Crippen LogP contribution is -2.34. The van der Waals surface area contributed by atoms with Crippen molar-refractivity contribution in [3.63, 3.8) is 0 Å². The molecule has 0 saturated carbocycles. The van der Waals surface area contributed by atoms with Crippen molar-refractivity contribution in [1.82, 2.24) is 0 Å². The van der Waals surface area contributed by atoms with E-state index < -0.39 is 0 Å². The van der Waals surface area contributed by atoms with Crippen molar-refractivity contribution in [3.8, 4) is 0 Å². The highest BCUT2D eigenvalue weighted by atomic mass is 16.5. The fourth-order valence-electron chi connectivity index (χ4n) is 1.93. The van der Waals surface area contributed by atoms with Gasteiger partial charge in [-0.2, -0.15) is 0 Å². The molecule has 0 N–H and O–H groups in total. The number of hydrogen-bond acceptors (Lipinski definition) is 2. The molecule has 2 heteroatoms. The Balaban J connectivity index is 4.52. The van der Waals surface area contributed by atoms with E-state index in [1.165, 1.54) is 0 Å². The quantitative estimate of drug-likeness (QED) is 0.535. The molecule has 0 saturated heterocycles. The lowest BCUT2D eigenvalue weighted by Gasteiger charge is -2.33. The fourth-order valence-corrected chi connectivity index (χ4v) is 1.93. The summed E-state index contributed by atoms with van der Waals surface area (Å²) in [7, 11) is 0. The van der Waals surface area contributed by atoms with Gasteiger partial charge in [-0.25, -0.2) is 0 Å². The SMILES string of the molecule is C=CCC(CCC)(COC(C)C)COC(C)C. The maximum Gasteiger partial charge on any atom is 0.0550 e. The van der Waals surface area contributed by atoms with Gasteiger partial charge in [0.05, 0.1) is 25.4 Å². The van der Waals surface area contributed by atoms with Crippen LogP contribution < -0.4 is 0 Å². The first-order valence-electron chi connectivity index (χ1n) is 6.80. The smallest absolute Gasteiger partial charge is 0.0550 e. The van der Waals surface area contributed by atoms with Gasteiger partial charge in [0.25, 0.3) is 0 Å². The molecule has 0 bridgehead atoms. The third-order valence-electron chi connectivity index (χ3n) is 2.80. The van der Waals surface area contributed by atoms with Gasteiger partial charge < -0.3 is 9.47 Å². The average Bonchev–Trinajstić information content (AvgIpc) is 2.24. The Morgan fingerprint density at radius 1 is 1.06 bits per heavy atom. The van der Waals surface area contributed by atoms with Gasteiger partial charge in [-0.05, 0) is 40.5 Å². The molecular weight excluding hydrogens is 212 g/mol. The Hall–Kier alpha value is -0.340. The number of ether oxygens (including phenoxy) is 2. The minimum absolute atomic E-state index is 0.102. The molecule has 0 aliphatic heterocycles. The molecule has 0 heterocycles. The summed E-state index contributed by atoms with van der Waals surface area (Å²) in [4.78, 5) is 0. The molecule has 0 aliphatic carbocycles. The third kappa shape index (κ3) is 7.56. The van der Waals surface area contributed by atoms with Crippen LogP contribution in [0.4, 0.5) is 0 Å². The van der Waals surface area contributed by atoms with Crippen molar-refractivity contribution in [2.75, 3.05) is 13.2 Å². The Bertz CT molecular complexity index is 185. The summed E-state index contributed by atoms with van der Waals surface area (Å²) in [6, 6.07) is 0. The van der Waals surface area contributed by atoms with Crippen LogP contribution in [0.15, 0.2) is 12.7 Å². The van der Waals surface area contributed by atoms with Gasteiger partial charge in [0.2, 0.25) is 0 Å². The van der Waals surface area contributed by atoms with Gasteiger partial charge in [-0.15, -0.1) is 6.58 Å². The van der Waals surface area contributed by atoms with Crippen LogP contribution in [0.2, 0.25) is 0 Å². The van der Waals surface area contributed by atoms with Crippen LogP contribution in [-0.4, -0.2) is 25.4 Å². The molecule has 102 valence electrons. The van der Waals surface area contributed by atoms with Crippen LogP contribution in [0.5, 0.6) is 0 Å². The first kappa shape index (κ1) is 16.7. The minimum Gasteiger partial charge on any atom is -0.378 e. The average molecular weight is 242 g/mol. The molecule has 0 unspecified atom stereocenters. The summed E-state index contributed by atoms with van der Waals surface area (Å²) >= 11 is 0. The Labute approximate surface area is 107 Å². The van der Waals surface area contributed by atoms with Gasteiger partial charge >= 0.3 is 0 Å². The standard InChI is InChI=1S/C15H30O2/c1-7-9-15(10-8-2,11-16-13(3)4)12-17-14(5)6/h7,13-14H,1,8-12H2,2-6H3. The van der Waals surface area contributed by atoms with Gasteiger partial charge in [0.15, 0.2) is 0 Å². The molecule has 0 amide bonds. The van der Waals surface area contributed by atoms with Crippen molar-refractivity contribution in [2.24, 2.45) is 5.41 Å². The van der Waals surface area contributed by atoms with Crippen LogP contribution in [0.25, 0.3) is 0 Å². The van der Waals surface area contributed by atoms with Gasteiger partial charge in [0.1, 0.15) is 0 Å². The predicted molar refractivity (Wildman–Crippen MR) is 74.3 cm³/mol. The Kier molecular flexibility index (Phi) is 8.53. The molecule has 0 atom stereocenters. The van der Waals surface area contributed by atoms with E-state index in [4.69, 9.17) is 9.47 Å². The second-order valence-corrected chi connectivity index (χ2v) is 5.46. The molecule has 0 fully saturated rings. The van der Waals surface area contributed by atoms with Crippen LogP contribution in [-0.2, 0) is 9.47 Å². The monoisotopic (exact) mass is 242 g/mol. The highest BCUT2D eigenvalue weighted by molar-refractivity contribution is 4.87. The van der Waals surface area contributed by atoms with Gasteiger partial charge in [0, 0.05) is 5.41 Å². The fraction of sp³-hybridized carbons (Fsp3) is 0.867. The normalized spacial score (nSPS) is 12.4. The number of allylic oxidation sites excluding steroid dienone is 1. The van der Waals surface area contributed by atoms with E-state index in [2.05, 4.69) is 41.2 Å². The summed E-state index contributed by atoms with van der Waals surface area (Å²) in [5.74, 6) is 0. The molecule has 2 nitrogen and oxygen atoms in total. The van der Waals surface area contributed by atoms with Crippen LogP contribution in [0.1, 0.15) is 53.9 Å². The van der Waals surface area contributed by atoms with Crippen LogP contribution in [0.3, 0.4) is 0 Å². The van der Waals surface area contributed by atoms with E-state index in [1.54, 1.807) is 0 Å². The maximum absolute atomic E-state index is 5.82. The highest BCUT2D eigenvalue weighted by Gasteiger charge is 2.29. The lowest BCUT2D eigenvalue weighted by molar-refractivity contribution is -0.0587. The molecule has 0 aromatic carbocycles. The third-order valence-corrected chi connectivity index (χ3v) is 2.80. The summed E-state index contributed by atoms with van der Waals surface area (Å²) in [5, 5.41) is 0. The van der Waals surface area contributed by atoms with Crippen LogP contribution >= 0.6 is 0 Å². The first-order chi connectivity index (χ1) is 7.95. The number of hydrogen-bond donors (Lipinski definition) is 0. The summed E-state index contributed by atoms with van der Waals surface area (Å²) < 4.78 is 11.6. The Morgan fingerprint density at radius 2 is 1.53 bits per heavy atom. The second-order valence-electron chi connectivity index (χ2n) is 5.46. The van der Waals surface area contributed by atoms with Crippen molar-refractivity contribution in [2.45, 2.75) is 66.1 Å². The molecule has 0 aliphatic rings. The van der Waals surface area contributed by atoms with E-state index >= 15 is 0 Å². The highest BCUT2D eigenvalue weighted by Crippen LogP contribution is 2.30. The van der Waals surface area contributed by atoms with Crippen molar-refractivity contribution >= 4 is 0 Å². The van der Waals surface area contributed by atoms with Gasteiger partial charge in [-0.1, -0.05) is 19.4 Å². The van der Waals surface area contributed by atoms with E-state index in [9.17, 15) is 0 Å². The topological polar surface area (TPSA) is 18.5 Å². The van der Waals surface area contributed by atoms with E-state index in [0.717, 1.165) is 32.5 Å². The molecule has 0 radical (unpaired) electrons. The molecular formula is C15H30O2. The molecule has 0 aromatic rings. The zero-order valence-corrected chi connectivity index (χ0v) is 12.3. The first-order valence-corrected chi connectivity index (χ1v) is 6.80. The molecule has 0 aromatic heterocycles. The molecule has 17 heavy (non-hydrogen) atoms. The predicted octanol–water partition coefficient (Wildman–Crippen LogP) is 4.20. The number of rotatable bonds is 10. The van der Waals surface area contributed by atoms with Crippen molar-refractivity contribution in [3.05, 3.63) is 12.7 Å². The van der Waals surface area contributed by atoms with E-state index in [-0.39, 0.29) is 17.6 Å².